The first-order chi connectivity index (χ1) is 13.7. The number of benzene rings is 2. The van der Waals surface area contributed by atoms with Crippen LogP contribution in [-0.4, -0.2) is 24.8 Å². The fourth-order valence-electron chi connectivity index (χ4n) is 3.48. The normalized spacial score (nSPS) is 15.1. The van der Waals surface area contributed by atoms with Crippen molar-refractivity contribution < 1.29 is 22.7 Å². The lowest BCUT2D eigenvalue weighted by molar-refractivity contribution is 0.262. The van der Waals surface area contributed by atoms with Gasteiger partial charge >= 0.3 is 6.03 Å². The van der Waals surface area contributed by atoms with Crippen LogP contribution < -0.4 is 10.6 Å². The summed E-state index contributed by atoms with van der Waals surface area (Å²) in [5, 5.41) is 14.8. The molecular weight excluding hydrogens is 419 g/mol. The number of carbonyl (C=O) groups is 1. The maximum Gasteiger partial charge on any atom is 0.323 e. The van der Waals surface area contributed by atoms with Gasteiger partial charge in [0.05, 0.1) is 16.0 Å². The number of carbonyl (C=O) groups excluding carboxylic acids is 1. The van der Waals surface area contributed by atoms with Crippen molar-refractivity contribution in [2.45, 2.75) is 49.2 Å². The monoisotopic (exact) mass is 440 g/mol. The van der Waals surface area contributed by atoms with Crippen LogP contribution in [0.1, 0.15) is 37.7 Å². The second-order valence-corrected chi connectivity index (χ2v) is 9.64. The van der Waals surface area contributed by atoms with Crippen LogP contribution in [0.4, 0.5) is 20.6 Å². The topological polar surface area (TPSA) is 95.5 Å². The largest absolute Gasteiger partial charge is 0.504 e. The quantitative estimate of drug-likeness (QED) is 0.566. The van der Waals surface area contributed by atoms with Gasteiger partial charge in [-0.05, 0) is 44.0 Å². The Morgan fingerprint density at radius 3 is 2.45 bits per heavy atom. The molecule has 1 aliphatic carbocycles. The summed E-state index contributed by atoms with van der Waals surface area (Å²) in [6.45, 7) is 1.51. The van der Waals surface area contributed by atoms with Gasteiger partial charge in [-0.25, -0.2) is 17.6 Å². The van der Waals surface area contributed by atoms with Crippen molar-refractivity contribution in [3.63, 3.8) is 0 Å². The Hall–Kier alpha value is -2.32. The van der Waals surface area contributed by atoms with Gasteiger partial charge in [0.1, 0.15) is 10.7 Å². The lowest BCUT2D eigenvalue weighted by Gasteiger charge is -2.23. The molecule has 0 bridgehead atoms. The molecule has 0 aliphatic heterocycles. The Morgan fingerprint density at radius 1 is 1.10 bits per heavy atom. The van der Waals surface area contributed by atoms with Crippen LogP contribution in [0.25, 0.3) is 0 Å². The predicted octanol–water partition coefficient (Wildman–Crippen LogP) is 5.24. The maximum atomic E-state index is 13.6. The number of anilines is 2. The molecule has 1 fully saturated rings. The van der Waals surface area contributed by atoms with Gasteiger partial charge in [-0.1, -0.05) is 36.9 Å². The number of aromatic hydroxyl groups is 1. The fourth-order valence-corrected chi connectivity index (χ4v) is 5.96. The molecule has 2 aromatic rings. The summed E-state index contributed by atoms with van der Waals surface area (Å²) in [6, 6.07) is 6.13. The zero-order valence-electron chi connectivity index (χ0n) is 15.8. The molecule has 3 rings (SSSR count). The summed E-state index contributed by atoms with van der Waals surface area (Å²) >= 11 is 6.10. The van der Waals surface area contributed by atoms with Crippen molar-refractivity contribution in [1.29, 1.82) is 0 Å². The van der Waals surface area contributed by atoms with Crippen LogP contribution in [0.2, 0.25) is 5.02 Å². The molecule has 0 heterocycles. The van der Waals surface area contributed by atoms with Gasteiger partial charge < -0.3 is 15.7 Å². The van der Waals surface area contributed by atoms with E-state index in [1.165, 1.54) is 37.3 Å². The van der Waals surface area contributed by atoms with Crippen LogP contribution in [0.3, 0.4) is 0 Å². The van der Waals surface area contributed by atoms with Gasteiger partial charge in [-0.2, -0.15) is 0 Å². The minimum Gasteiger partial charge on any atom is -0.504 e. The molecule has 29 heavy (non-hydrogen) atoms. The molecule has 6 nitrogen and oxygen atoms in total. The number of halogens is 2. The molecule has 0 aromatic heterocycles. The van der Waals surface area contributed by atoms with Gasteiger partial charge in [0.2, 0.25) is 0 Å². The molecule has 0 atom stereocenters. The van der Waals surface area contributed by atoms with Crippen LogP contribution in [0, 0.1) is 12.7 Å². The summed E-state index contributed by atoms with van der Waals surface area (Å²) in [4.78, 5) is 11.9. The van der Waals surface area contributed by atoms with Crippen molar-refractivity contribution >= 4 is 38.8 Å². The fraction of sp³-hybridized carbons (Fsp3) is 0.350. The summed E-state index contributed by atoms with van der Waals surface area (Å²) in [5.74, 6) is -1.08. The van der Waals surface area contributed by atoms with E-state index in [1.54, 1.807) is 0 Å². The van der Waals surface area contributed by atoms with E-state index in [9.17, 15) is 22.7 Å². The first-order valence-corrected chi connectivity index (χ1v) is 11.2. The van der Waals surface area contributed by atoms with Gasteiger partial charge in [0.15, 0.2) is 15.6 Å². The average Bonchev–Trinajstić information content (AvgIpc) is 2.68. The van der Waals surface area contributed by atoms with Crippen LogP contribution in [0.5, 0.6) is 5.75 Å². The van der Waals surface area contributed by atoms with E-state index in [2.05, 4.69) is 10.6 Å². The minimum atomic E-state index is -3.86. The van der Waals surface area contributed by atoms with E-state index in [1.807, 2.05) is 0 Å². The van der Waals surface area contributed by atoms with E-state index in [0.717, 1.165) is 19.3 Å². The van der Waals surface area contributed by atoms with Gasteiger partial charge in [-0.3, -0.25) is 0 Å². The van der Waals surface area contributed by atoms with Crippen LogP contribution in [-0.2, 0) is 9.84 Å². The van der Waals surface area contributed by atoms with E-state index in [0.29, 0.717) is 12.8 Å². The molecule has 0 unspecified atom stereocenters. The van der Waals surface area contributed by atoms with Crippen molar-refractivity contribution in [3.8, 4) is 5.75 Å². The van der Waals surface area contributed by atoms with E-state index in [4.69, 9.17) is 11.6 Å². The molecule has 9 heteroatoms. The second kappa shape index (κ2) is 8.59. The SMILES string of the molecule is Cc1c(F)cccc1NC(=O)Nc1ccc(Cl)c(S(=O)(=O)C2CCCCC2)c1O. The number of phenolic OH excluding ortho intramolecular Hbond substituents is 1. The summed E-state index contributed by atoms with van der Waals surface area (Å²) in [6.07, 6.45) is 3.60. The number of hydrogen-bond acceptors (Lipinski definition) is 4. The highest BCUT2D eigenvalue weighted by Crippen LogP contribution is 2.41. The number of hydrogen-bond donors (Lipinski definition) is 3. The van der Waals surface area contributed by atoms with Gasteiger partial charge in [0.25, 0.3) is 0 Å². The predicted molar refractivity (Wildman–Crippen MR) is 111 cm³/mol. The van der Waals surface area contributed by atoms with E-state index >= 15 is 0 Å². The smallest absolute Gasteiger partial charge is 0.323 e. The van der Waals surface area contributed by atoms with Crippen molar-refractivity contribution in [3.05, 3.63) is 46.7 Å². The zero-order valence-corrected chi connectivity index (χ0v) is 17.4. The van der Waals surface area contributed by atoms with Crippen LogP contribution in [0.15, 0.2) is 35.2 Å². The highest BCUT2D eigenvalue weighted by atomic mass is 35.5. The van der Waals surface area contributed by atoms with Crippen molar-refractivity contribution in [2.75, 3.05) is 10.6 Å². The van der Waals surface area contributed by atoms with E-state index < -0.39 is 32.7 Å². The maximum absolute atomic E-state index is 13.6. The third-order valence-corrected chi connectivity index (χ3v) is 7.88. The number of phenols is 1. The lowest BCUT2D eigenvalue weighted by Crippen LogP contribution is -2.25. The number of nitrogens with one attached hydrogen (secondary N) is 2. The number of rotatable bonds is 4. The Morgan fingerprint density at radius 2 is 1.76 bits per heavy atom. The molecule has 0 saturated heterocycles. The first kappa shape index (κ1) is 21.4. The molecule has 3 N–H and O–H groups in total. The zero-order chi connectivity index (χ0) is 21.2. The summed E-state index contributed by atoms with van der Waals surface area (Å²) in [5.41, 5.74) is 0.407. The third-order valence-electron chi connectivity index (χ3n) is 5.12. The van der Waals surface area contributed by atoms with Crippen LogP contribution >= 0.6 is 11.6 Å². The van der Waals surface area contributed by atoms with Crippen molar-refractivity contribution in [2.24, 2.45) is 0 Å². The molecule has 1 aliphatic rings. The molecule has 156 valence electrons. The Bertz CT molecular complexity index is 1040. The molecule has 2 aromatic carbocycles. The molecule has 1 saturated carbocycles. The Balaban J connectivity index is 1.87. The highest BCUT2D eigenvalue weighted by molar-refractivity contribution is 7.92. The first-order valence-electron chi connectivity index (χ1n) is 9.30. The second-order valence-electron chi connectivity index (χ2n) is 7.07. The number of urea groups is 1. The molecule has 0 spiro atoms. The molecule has 0 radical (unpaired) electrons. The number of sulfone groups is 1. The lowest BCUT2D eigenvalue weighted by atomic mass is 10.0. The number of amides is 2. The highest BCUT2D eigenvalue weighted by Gasteiger charge is 2.34. The average molecular weight is 441 g/mol. The Labute approximate surface area is 174 Å². The summed E-state index contributed by atoms with van der Waals surface area (Å²) < 4.78 is 39.7. The summed E-state index contributed by atoms with van der Waals surface area (Å²) in [7, 11) is -3.86. The third kappa shape index (κ3) is 4.48. The standard InChI is InChI=1S/C20H22ClFN2O4S/c1-12-15(22)8-5-9-16(12)23-20(26)24-17-11-10-14(21)19(18(17)25)29(27,28)13-6-3-2-4-7-13/h5,8-11,13,25H,2-4,6-7H2,1H3,(H2,23,24,26). The van der Waals surface area contributed by atoms with Gasteiger partial charge in [0, 0.05) is 11.3 Å². The molecular formula is C20H22ClFN2O4S. The van der Waals surface area contributed by atoms with Crippen molar-refractivity contribution in [1.82, 2.24) is 0 Å². The Kier molecular flexibility index (Phi) is 6.33. The molecule has 2 amide bonds. The van der Waals surface area contributed by atoms with Gasteiger partial charge in [-0.15, -0.1) is 0 Å². The minimum absolute atomic E-state index is 0.0972. The van der Waals surface area contributed by atoms with E-state index in [-0.39, 0.29) is 26.9 Å².